The van der Waals surface area contributed by atoms with Gasteiger partial charge >= 0.3 is 0 Å². The lowest BCUT2D eigenvalue weighted by molar-refractivity contribution is -0.121. The van der Waals surface area contributed by atoms with Crippen LogP contribution in [0.15, 0.2) is 4.99 Å². The second-order valence-electron chi connectivity index (χ2n) is 8.63. The normalized spacial score (nSPS) is 20.3. The fraction of sp³-hybridized carbons (Fsp3) is 0.905. The number of aliphatic imine (C=N–C) groups is 1. The molecule has 1 amide bonds. The van der Waals surface area contributed by atoms with Gasteiger partial charge in [-0.1, -0.05) is 25.7 Å². The Balaban J connectivity index is 1.74. The SMILES string of the molecule is CCNC(=NCC(C)(C)N1CCCCC1)NCCC(=O)NC1CCCCC1. The molecule has 1 saturated heterocycles. The minimum atomic E-state index is 0.0706. The second kappa shape index (κ2) is 11.5. The van der Waals surface area contributed by atoms with Crippen molar-refractivity contribution < 1.29 is 4.79 Å². The molecule has 0 bridgehead atoms. The largest absolute Gasteiger partial charge is 0.357 e. The van der Waals surface area contributed by atoms with Gasteiger partial charge in [0.15, 0.2) is 5.96 Å². The van der Waals surface area contributed by atoms with Crippen molar-refractivity contribution in [1.29, 1.82) is 0 Å². The molecule has 1 aliphatic heterocycles. The first-order valence-electron chi connectivity index (χ1n) is 11.1. The Labute approximate surface area is 165 Å². The minimum absolute atomic E-state index is 0.0706. The van der Waals surface area contributed by atoms with E-state index in [1.165, 1.54) is 51.6 Å². The summed E-state index contributed by atoms with van der Waals surface area (Å²) in [5, 5.41) is 9.80. The Kier molecular flexibility index (Phi) is 9.39. The van der Waals surface area contributed by atoms with Crippen molar-refractivity contribution in [2.24, 2.45) is 4.99 Å². The summed E-state index contributed by atoms with van der Waals surface area (Å²) in [5.41, 5.74) is 0.0706. The molecule has 0 aromatic rings. The van der Waals surface area contributed by atoms with Crippen LogP contribution in [0.5, 0.6) is 0 Å². The lowest BCUT2D eigenvalue weighted by Crippen LogP contribution is -2.49. The second-order valence-corrected chi connectivity index (χ2v) is 8.63. The third-order valence-electron chi connectivity index (χ3n) is 5.80. The molecule has 0 spiro atoms. The Hall–Kier alpha value is -1.30. The van der Waals surface area contributed by atoms with E-state index in [4.69, 9.17) is 4.99 Å². The zero-order chi connectivity index (χ0) is 19.5. The first-order chi connectivity index (χ1) is 13.0. The molecule has 6 nitrogen and oxygen atoms in total. The van der Waals surface area contributed by atoms with E-state index >= 15 is 0 Å². The summed E-state index contributed by atoms with van der Waals surface area (Å²) in [6, 6.07) is 0.387. The van der Waals surface area contributed by atoms with Crippen molar-refractivity contribution in [3.63, 3.8) is 0 Å². The predicted octanol–water partition coefficient (Wildman–Crippen LogP) is 2.65. The number of hydrogen-bond donors (Lipinski definition) is 3. The fourth-order valence-corrected chi connectivity index (χ4v) is 4.05. The van der Waals surface area contributed by atoms with E-state index in [0.717, 1.165) is 31.9 Å². The van der Waals surface area contributed by atoms with Gasteiger partial charge in [0.25, 0.3) is 0 Å². The highest BCUT2D eigenvalue weighted by Crippen LogP contribution is 2.20. The molecule has 2 fully saturated rings. The van der Waals surface area contributed by atoms with E-state index in [1.807, 2.05) is 0 Å². The van der Waals surface area contributed by atoms with Crippen LogP contribution < -0.4 is 16.0 Å². The topological polar surface area (TPSA) is 68.8 Å². The first kappa shape index (κ1) is 22.0. The van der Waals surface area contributed by atoms with Crippen molar-refractivity contribution in [3.8, 4) is 0 Å². The highest BCUT2D eigenvalue weighted by atomic mass is 16.1. The van der Waals surface area contributed by atoms with Crippen molar-refractivity contribution >= 4 is 11.9 Å². The molecule has 27 heavy (non-hydrogen) atoms. The lowest BCUT2D eigenvalue weighted by Gasteiger charge is -2.40. The number of nitrogens with one attached hydrogen (secondary N) is 3. The minimum Gasteiger partial charge on any atom is -0.357 e. The maximum atomic E-state index is 12.2. The van der Waals surface area contributed by atoms with Crippen LogP contribution in [0.3, 0.4) is 0 Å². The number of likely N-dealkylation sites (tertiary alicyclic amines) is 1. The van der Waals surface area contributed by atoms with Gasteiger partial charge in [0.1, 0.15) is 0 Å². The highest BCUT2D eigenvalue weighted by molar-refractivity contribution is 5.81. The molecule has 1 saturated carbocycles. The van der Waals surface area contributed by atoms with Crippen LogP contribution in [0.25, 0.3) is 0 Å². The molecule has 0 aromatic heterocycles. The van der Waals surface area contributed by atoms with E-state index in [9.17, 15) is 4.79 Å². The molecular formula is C21H41N5O. The molecule has 6 heteroatoms. The zero-order valence-corrected chi connectivity index (χ0v) is 17.8. The van der Waals surface area contributed by atoms with Gasteiger partial charge in [-0.2, -0.15) is 0 Å². The van der Waals surface area contributed by atoms with Crippen molar-refractivity contribution in [3.05, 3.63) is 0 Å². The number of hydrogen-bond acceptors (Lipinski definition) is 3. The van der Waals surface area contributed by atoms with Crippen LogP contribution in [0.4, 0.5) is 0 Å². The zero-order valence-electron chi connectivity index (χ0n) is 17.8. The van der Waals surface area contributed by atoms with Crippen LogP contribution in [-0.4, -0.2) is 61.1 Å². The van der Waals surface area contributed by atoms with Crippen molar-refractivity contribution in [2.75, 3.05) is 32.7 Å². The number of rotatable bonds is 8. The summed E-state index contributed by atoms with van der Waals surface area (Å²) in [6.07, 6.45) is 10.5. The number of amides is 1. The van der Waals surface area contributed by atoms with E-state index in [0.29, 0.717) is 19.0 Å². The average Bonchev–Trinajstić information content (AvgIpc) is 2.67. The molecule has 0 unspecified atom stereocenters. The third-order valence-corrected chi connectivity index (χ3v) is 5.80. The van der Waals surface area contributed by atoms with Gasteiger partial charge in [0, 0.05) is 31.1 Å². The maximum absolute atomic E-state index is 12.2. The fourth-order valence-electron chi connectivity index (χ4n) is 4.05. The molecular weight excluding hydrogens is 338 g/mol. The number of carbonyl (C=O) groups excluding carboxylic acids is 1. The Morgan fingerprint density at radius 3 is 2.37 bits per heavy atom. The van der Waals surface area contributed by atoms with Crippen molar-refractivity contribution in [2.45, 2.75) is 90.1 Å². The molecule has 1 heterocycles. The number of carbonyl (C=O) groups is 1. The molecule has 0 atom stereocenters. The summed E-state index contributed by atoms with van der Waals surface area (Å²) >= 11 is 0. The van der Waals surface area contributed by atoms with Crippen LogP contribution in [0, 0.1) is 0 Å². The van der Waals surface area contributed by atoms with Gasteiger partial charge in [0.2, 0.25) is 5.91 Å². The Morgan fingerprint density at radius 2 is 1.70 bits per heavy atom. The average molecular weight is 380 g/mol. The molecule has 2 aliphatic rings. The Bertz CT molecular complexity index is 465. The quantitative estimate of drug-likeness (QED) is 0.448. The van der Waals surface area contributed by atoms with Crippen LogP contribution in [0.2, 0.25) is 0 Å². The van der Waals surface area contributed by atoms with E-state index < -0.39 is 0 Å². The molecule has 156 valence electrons. The van der Waals surface area contributed by atoms with Crippen LogP contribution in [0.1, 0.15) is 78.6 Å². The third kappa shape index (κ3) is 8.08. The molecule has 0 radical (unpaired) electrons. The summed E-state index contributed by atoms with van der Waals surface area (Å²) in [5.74, 6) is 0.965. The van der Waals surface area contributed by atoms with Gasteiger partial charge < -0.3 is 16.0 Å². The van der Waals surface area contributed by atoms with E-state index in [2.05, 4.69) is 41.6 Å². The summed E-state index contributed by atoms with van der Waals surface area (Å²) < 4.78 is 0. The van der Waals surface area contributed by atoms with Gasteiger partial charge in [-0.15, -0.1) is 0 Å². The molecule has 2 rings (SSSR count). The molecule has 3 N–H and O–H groups in total. The Morgan fingerprint density at radius 1 is 1.04 bits per heavy atom. The van der Waals surface area contributed by atoms with Gasteiger partial charge in [-0.3, -0.25) is 14.7 Å². The smallest absolute Gasteiger partial charge is 0.221 e. The van der Waals surface area contributed by atoms with Gasteiger partial charge in [-0.25, -0.2) is 0 Å². The molecule has 0 aromatic carbocycles. The van der Waals surface area contributed by atoms with E-state index in [1.54, 1.807) is 0 Å². The predicted molar refractivity (Wildman–Crippen MR) is 113 cm³/mol. The first-order valence-corrected chi connectivity index (χ1v) is 11.1. The number of nitrogens with zero attached hydrogens (tertiary/aromatic N) is 2. The summed E-state index contributed by atoms with van der Waals surface area (Å²) in [6.45, 7) is 11.2. The highest BCUT2D eigenvalue weighted by Gasteiger charge is 2.27. The molecule has 1 aliphatic carbocycles. The van der Waals surface area contributed by atoms with Gasteiger partial charge in [0.05, 0.1) is 6.54 Å². The van der Waals surface area contributed by atoms with Gasteiger partial charge in [-0.05, 0) is 59.5 Å². The number of guanidine groups is 1. The lowest BCUT2D eigenvalue weighted by atomic mass is 9.95. The summed E-state index contributed by atoms with van der Waals surface area (Å²) in [4.78, 5) is 19.5. The standard InChI is InChI=1S/C21H41N5O/c1-4-22-20(24-17-21(2,3)26-15-9-6-10-16-26)23-14-13-19(27)25-18-11-7-5-8-12-18/h18H,4-17H2,1-3H3,(H,25,27)(H2,22,23,24). The number of piperidine rings is 1. The van der Waals surface area contributed by atoms with Crippen LogP contribution in [-0.2, 0) is 4.79 Å². The monoisotopic (exact) mass is 379 g/mol. The van der Waals surface area contributed by atoms with E-state index in [-0.39, 0.29) is 11.4 Å². The summed E-state index contributed by atoms with van der Waals surface area (Å²) in [7, 11) is 0. The van der Waals surface area contributed by atoms with Crippen LogP contribution >= 0.6 is 0 Å². The maximum Gasteiger partial charge on any atom is 0.221 e. The van der Waals surface area contributed by atoms with Crippen molar-refractivity contribution in [1.82, 2.24) is 20.9 Å².